The minimum Gasteiger partial charge on any atom is -0.321 e. The van der Waals surface area contributed by atoms with Gasteiger partial charge in [0.05, 0.1) is 20.8 Å². The van der Waals surface area contributed by atoms with Gasteiger partial charge in [0.15, 0.2) is 0 Å². The maximum absolute atomic E-state index is 12.1. The van der Waals surface area contributed by atoms with Gasteiger partial charge in [-0.3, -0.25) is 4.79 Å². The van der Waals surface area contributed by atoms with Crippen molar-refractivity contribution in [1.29, 1.82) is 0 Å². The van der Waals surface area contributed by atoms with Crippen LogP contribution < -0.4 is 5.32 Å². The number of anilines is 1. The van der Waals surface area contributed by atoms with E-state index in [1.54, 1.807) is 12.1 Å². The van der Waals surface area contributed by atoms with Crippen molar-refractivity contribution in [3.63, 3.8) is 0 Å². The van der Waals surface area contributed by atoms with E-state index in [-0.39, 0.29) is 5.91 Å². The Morgan fingerprint density at radius 3 is 2.32 bits per heavy atom. The van der Waals surface area contributed by atoms with Gasteiger partial charge in [0.25, 0.3) is 5.91 Å². The number of rotatable bonds is 2. The van der Waals surface area contributed by atoms with Crippen molar-refractivity contribution >= 4 is 46.4 Å². The first-order valence-electron chi connectivity index (χ1n) is 5.50. The molecule has 0 unspecified atom stereocenters. The summed E-state index contributed by atoms with van der Waals surface area (Å²) in [4.78, 5) is 12.1. The topological polar surface area (TPSA) is 29.1 Å². The molecule has 0 aliphatic rings. The summed E-state index contributed by atoms with van der Waals surface area (Å²) >= 11 is 17.8. The van der Waals surface area contributed by atoms with E-state index in [1.807, 2.05) is 19.1 Å². The summed E-state index contributed by atoms with van der Waals surface area (Å²) < 4.78 is 0. The Balaban J connectivity index is 2.30. The number of hydrogen-bond acceptors (Lipinski definition) is 1. The third kappa shape index (κ3) is 3.21. The van der Waals surface area contributed by atoms with Crippen LogP contribution in [0.3, 0.4) is 0 Å². The highest BCUT2D eigenvalue weighted by molar-refractivity contribution is 6.44. The molecular formula is C14H10Cl3NO. The van der Waals surface area contributed by atoms with Crippen molar-refractivity contribution in [2.75, 3.05) is 5.32 Å². The largest absolute Gasteiger partial charge is 0.321 e. The Bertz CT molecular complexity index is 641. The molecule has 2 aromatic carbocycles. The third-order valence-electron chi connectivity index (χ3n) is 2.65. The molecule has 1 amide bonds. The van der Waals surface area contributed by atoms with E-state index in [2.05, 4.69) is 5.32 Å². The van der Waals surface area contributed by atoms with E-state index in [4.69, 9.17) is 34.8 Å². The summed E-state index contributed by atoms with van der Waals surface area (Å²) in [7, 11) is 0. The highest BCUT2D eigenvalue weighted by atomic mass is 35.5. The second-order valence-corrected chi connectivity index (χ2v) is 5.24. The van der Waals surface area contributed by atoms with Crippen LogP contribution in [-0.4, -0.2) is 5.91 Å². The molecule has 0 fully saturated rings. The second kappa shape index (κ2) is 5.83. The van der Waals surface area contributed by atoms with Crippen molar-refractivity contribution in [2.24, 2.45) is 0 Å². The molecular weight excluding hydrogens is 305 g/mol. The van der Waals surface area contributed by atoms with Crippen LogP contribution in [0, 0.1) is 6.92 Å². The van der Waals surface area contributed by atoms with E-state index < -0.39 is 0 Å². The van der Waals surface area contributed by atoms with Crippen molar-refractivity contribution in [1.82, 2.24) is 0 Å². The van der Waals surface area contributed by atoms with E-state index in [9.17, 15) is 4.79 Å². The van der Waals surface area contributed by atoms with Crippen LogP contribution in [0.1, 0.15) is 15.9 Å². The van der Waals surface area contributed by atoms with E-state index in [0.29, 0.717) is 26.3 Å². The summed E-state index contributed by atoms with van der Waals surface area (Å²) in [6.07, 6.45) is 0. The van der Waals surface area contributed by atoms with Crippen LogP contribution in [0.15, 0.2) is 36.4 Å². The number of amides is 1. The maximum Gasteiger partial charge on any atom is 0.255 e. The average molecular weight is 315 g/mol. The Morgan fingerprint density at radius 1 is 1.00 bits per heavy atom. The molecule has 5 heteroatoms. The van der Waals surface area contributed by atoms with Crippen LogP contribution in [0.4, 0.5) is 5.69 Å². The zero-order valence-electron chi connectivity index (χ0n) is 10.0. The molecule has 2 aromatic rings. The molecule has 0 heterocycles. The standard InChI is InChI=1S/C14H10Cl3NO/c1-8-4-2-3-5-9(8)14(19)18-13-7-11(16)10(15)6-12(13)17/h2-7H,1H3,(H,18,19). The summed E-state index contributed by atoms with van der Waals surface area (Å²) in [6.45, 7) is 1.87. The van der Waals surface area contributed by atoms with Gasteiger partial charge in [-0.1, -0.05) is 53.0 Å². The normalized spacial score (nSPS) is 10.3. The van der Waals surface area contributed by atoms with Crippen LogP contribution in [0.25, 0.3) is 0 Å². The van der Waals surface area contributed by atoms with Crippen LogP contribution in [0.5, 0.6) is 0 Å². The highest BCUT2D eigenvalue weighted by Gasteiger charge is 2.12. The third-order valence-corrected chi connectivity index (χ3v) is 3.68. The predicted molar refractivity (Wildman–Crippen MR) is 80.6 cm³/mol. The van der Waals surface area contributed by atoms with Gasteiger partial charge in [-0.25, -0.2) is 0 Å². The molecule has 0 atom stereocenters. The smallest absolute Gasteiger partial charge is 0.255 e. The number of halogens is 3. The zero-order chi connectivity index (χ0) is 14.0. The van der Waals surface area contributed by atoms with Crippen molar-refractivity contribution in [3.05, 3.63) is 62.6 Å². The molecule has 2 nitrogen and oxygen atoms in total. The summed E-state index contributed by atoms with van der Waals surface area (Å²) in [5.74, 6) is -0.238. The Kier molecular flexibility index (Phi) is 4.35. The molecule has 0 saturated carbocycles. The first-order valence-corrected chi connectivity index (χ1v) is 6.64. The number of benzene rings is 2. The zero-order valence-corrected chi connectivity index (χ0v) is 12.3. The van der Waals surface area contributed by atoms with Crippen molar-refractivity contribution < 1.29 is 4.79 Å². The Hall–Kier alpha value is -1.22. The molecule has 0 spiro atoms. The number of aryl methyl sites for hydroxylation is 1. The maximum atomic E-state index is 12.1. The fourth-order valence-corrected chi connectivity index (χ4v) is 2.23. The lowest BCUT2D eigenvalue weighted by molar-refractivity contribution is 0.102. The molecule has 0 saturated heterocycles. The van der Waals surface area contributed by atoms with Crippen molar-refractivity contribution in [3.8, 4) is 0 Å². The van der Waals surface area contributed by atoms with E-state index in [1.165, 1.54) is 12.1 Å². The lowest BCUT2D eigenvalue weighted by atomic mass is 10.1. The lowest BCUT2D eigenvalue weighted by Gasteiger charge is -2.10. The Morgan fingerprint density at radius 2 is 1.63 bits per heavy atom. The number of carbonyl (C=O) groups is 1. The SMILES string of the molecule is Cc1ccccc1C(=O)Nc1cc(Cl)c(Cl)cc1Cl. The molecule has 98 valence electrons. The van der Waals surface area contributed by atoms with Crippen LogP contribution >= 0.6 is 34.8 Å². The summed E-state index contributed by atoms with van der Waals surface area (Å²) in [5.41, 5.74) is 1.91. The minimum atomic E-state index is -0.238. The monoisotopic (exact) mass is 313 g/mol. The fraction of sp³-hybridized carbons (Fsp3) is 0.0714. The van der Waals surface area contributed by atoms with Gasteiger partial charge in [-0.05, 0) is 30.7 Å². The van der Waals surface area contributed by atoms with Gasteiger partial charge in [-0.15, -0.1) is 0 Å². The second-order valence-electron chi connectivity index (χ2n) is 4.02. The first-order chi connectivity index (χ1) is 8.99. The average Bonchev–Trinajstić information content (AvgIpc) is 2.36. The number of nitrogens with one attached hydrogen (secondary N) is 1. The molecule has 0 bridgehead atoms. The summed E-state index contributed by atoms with van der Waals surface area (Å²) in [6, 6.07) is 10.3. The van der Waals surface area contributed by atoms with Crippen LogP contribution in [-0.2, 0) is 0 Å². The predicted octanol–water partition coefficient (Wildman–Crippen LogP) is 5.21. The van der Waals surface area contributed by atoms with Gasteiger partial charge in [-0.2, -0.15) is 0 Å². The molecule has 0 aliphatic carbocycles. The number of hydrogen-bond donors (Lipinski definition) is 1. The minimum absolute atomic E-state index is 0.238. The molecule has 2 rings (SSSR count). The van der Waals surface area contributed by atoms with E-state index >= 15 is 0 Å². The molecule has 0 aromatic heterocycles. The van der Waals surface area contributed by atoms with Gasteiger partial charge < -0.3 is 5.32 Å². The van der Waals surface area contributed by atoms with Gasteiger partial charge in [0, 0.05) is 5.56 Å². The lowest BCUT2D eigenvalue weighted by Crippen LogP contribution is -2.13. The molecule has 19 heavy (non-hydrogen) atoms. The van der Waals surface area contributed by atoms with Gasteiger partial charge >= 0.3 is 0 Å². The fourth-order valence-electron chi connectivity index (χ4n) is 1.64. The number of carbonyl (C=O) groups excluding carboxylic acids is 1. The molecule has 0 aliphatic heterocycles. The Labute approximate surface area is 126 Å². The first kappa shape index (κ1) is 14.2. The highest BCUT2D eigenvalue weighted by Crippen LogP contribution is 2.32. The van der Waals surface area contributed by atoms with Gasteiger partial charge in [0.2, 0.25) is 0 Å². The van der Waals surface area contributed by atoms with Crippen molar-refractivity contribution in [2.45, 2.75) is 6.92 Å². The molecule has 1 N–H and O–H groups in total. The molecule has 0 radical (unpaired) electrons. The van der Waals surface area contributed by atoms with Gasteiger partial charge in [0.1, 0.15) is 0 Å². The van der Waals surface area contributed by atoms with E-state index in [0.717, 1.165) is 5.56 Å². The summed E-state index contributed by atoms with van der Waals surface area (Å²) in [5, 5.41) is 3.75. The van der Waals surface area contributed by atoms with Crippen LogP contribution in [0.2, 0.25) is 15.1 Å². The quantitative estimate of drug-likeness (QED) is 0.758.